The van der Waals surface area contributed by atoms with Gasteiger partial charge >= 0.3 is 0 Å². The van der Waals surface area contributed by atoms with Crippen LogP contribution in [-0.2, 0) is 11.4 Å². The van der Waals surface area contributed by atoms with Crippen LogP contribution in [0.4, 0.5) is 0 Å². The Morgan fingerprint density at radius 1 is 1.03 bits per heavy atom. The highest BCUT2D eigenvalue weighted by Gasteiger charge is 2.24. The number of amides is 2. The van der Waals surface area contributed by atoms with Crippen molar-refractivity contribution in [1.29, 1.82) is 0 Å². The third-order valence-electron chi connectivity index (χ3n) is 5.12. The molecule has 0 aromatic heterocycles. The van der Waals surface area contributed by atoms with Crippen molar-refractivity contribution in [3.8, 4) is 5.75 Å². The number of benzene rings is 3. The summed E-state index contributed by atoms with van der Waals surface area (Å²) in [5, 5.41) is 7.23. The molecular formula is C27H28ClN3O3. The van der Waals surface area contributed by atoms with Gasteiger partial charge in [-0.3, -0.25) is 9.59 Å². The van der Waals surface area contributed by atoms with Gasteiger partial charge in [0.25, 0.3) is 11.8 Å². The van der Waals surface area contributed by atoms with E-state index in [4.69, 9.17) is 16.3 Å². The van der Waals surface area contributed by atoms with Crippen LogP contribution < -0.4 is 15.5 Å². The van der Waals surface area contributed by atoms with E-state index in [1.807, 2.05) is 57.2 Å². The zero-order valence-electron chi connectivity index (χ0n) is 19.4. The maximum Gasteiger partial charge on any atom is 0.262 e. The SMILES string of the molecule is Cc1ccc(COc2ccc(/C=N\NC(=O)C(NC(=O)c3cccc(Cl)c3)C(C)C)cc2)cc1. The summed E-state index contributed by atoms with van der Waals surface area (Å²) in [4.78, 5) is 25.1. The molecule has 0 aliphatic carbocycles. The Balaban J connectivity index is 1.52. The van der Waals surface area contributed by atoms with Crippen LogP contribution in [0.5, 0.6) is 5.75 Å². The van der Waals surface area contributed by atoms with Gasteiger partial charge in [-0.05, 0) is 66.4 Å². The molecule has 2 amide bonds. The number of carbonyl (C=O) groups excluding carboxylic acids is 2. The number of ether oxygens (including phenoxy) is 1. The summed E-state index contributed by atoms with van der Waals surface area (Å²) in [5.41, 5.74) is 6.00. The van der Waals surface area contributed by atoms with Gasteiger partial charge in [0.15, 0.2) is 0 Å². The van der Waals surface area contributed by atoms with Crippen LogP contribution in [0, 0.1) is 12.8 Å². The quantitative estimate of drug-likeness (QED) is 0.331. The van der Waals surface area contributed by atoms with Gasteiger partial charge in [0.05, 0.1) is 6.21 Å². The van der Waals surface area contributed by atoms with E-state index in [1.165, 1.54) is 11.8 Å². The topological polar surface area (TPSA) is 79.8 Å². The molecule has 3 rings (SSSR count). The predicted octanol–water partition coefficient (Wildman–Crippen LogP) is 5.13. The largest absolute Gasteiger partial charge is 0.489 e. The molecule has 0 bridgehead atoms. The van der Waals surface area contributed by atoms with Crippen molar-refractivity contribution in [2.24, 2.45) is 11.0 Å². The van der Waals surface area contributed by atoms with E-state index in [2.05, 4.69) is 28.0 Å². The Morgan fingerprint density at radius 3 is 2.38 bits per heavy atom. The van der Waals surface area contributed by atoms with Crippen molar-refractivity contribution < 1.29 is 14.3 Å². The molecule has 2 N–H and O–H groups in total. The Bertz CT molecular complexity index is 1140. The van der Waals surface area contributed by atoms with Crippen molar-refractivity contribution in [2.45, 2.75) is 33.4 Å². The van der Waals surface area contributed by atoms with Crippen LogP contribution in [0.2, 0.25) is 5.02 Å². The first-order valence-corrected chi connectivity index (χ1v) is 11.4. The lowest BCUT2D eigenvalue weighted by Crippen LogP contribution is -2.48. The van der Waals surface area contributed by atoms with E-state index in [1.54, 1.807) is 24.3 Å². The zero-order valence-corrected chi connectivity index (χ0v) is 20.2. The van der Waals surface area contributed by atoms with Gasteiger partial charge in [-0.2, -0.15) is 5.10 Å². The highest BCUT2D eigenvalue weighted by molar-refractivity contribution is 6.31. The first-order valence-electron chi connectivity index (χ1n) is 11.0. The summed E-state index contributed by atoms with van der Waals surface area (Å²) in [6.45, 7) is 6.23. The zero-order chi connectivity index (χ0) is 24.5. The summed E-state index contributed by atoms with van der Waals surface area (Å²) in [6, 6.07) is 21.4. The number of carbonyl (C=O) groups is 2. The smallest absolute Gasteiger partial charge is 0.262 e. The number of hydrazone groups is 1. The Labute approximate surface area is 205 Å². The van der Waals surface area contributed by atoms with Gasteiger partial charge in [0.2, 0.25) is 0 Å². The lowest BCUT2D eigenvalue weighted by Gasteiger charge is -2.20. The molecule has 1 unspecified atom stereocenters. The van der Waals surface area contributed by atoms with Crippen LogP contribution in [0.3, 0.4) is 0 Å². The monoisotopic (exact) mass is 477 g/mol. The molecule has 6 nitrogen and oxygen atoms in total. The van der Waals surface area contributed by atoms with Gasteiger partial charge < -0.3 is 10.1 Å². The molecule has 0 radical (unpaired) electrons. The third-order valence-corrected chi connectivity index (χ3v) is 5.35. The molecule has 0 saturated carbocycles. The van der Waals surface area contributed by atoms with Gasteiger partial charge in [-0.1, -0.05) is 61.3 Å². The standard InChI is InChI=1S/C27H28ClN3O3/c1-18(2)25(30-26(32)22-5-4-6-23(28)15-22)27(33)31-29-16-20-11-13-24(14-12-20)34-17-21-9-7-19(3)8-10-21/h4-16,18,25H,17H2,1-3H3,(H,30,32)(H,31,33)/b29-16-. The molecule has 34 heavy (non-hydrogen) atoms. The van der Waals surface area contributed by atoms with E-state index in [-0.39, 0.29) is 11.8 Å². The second-order valence-electron chi connectivity index (χ2n) is 8.28. The minimum Gasteiger partial charge on any atom is -0.489 e. The van der Waals surface area contributed by atoms with Gasteiger partial charge in [-0.15, -0.1) is 0 Å². The molecule has 0 aliphatic heterocycles. The van der Waals surface area contributed by atoms with E-state index in [0.29, 0.717) is 17.2 Å². The fourth-order valence-electron chi connectivity index (χ4n) is 3.13. The molecule has 0 aliphatic rings. The molecule has 1 atom stereocenters. The molecule has 0 heterocycles. The molecule has 3 aromatic rings. The first-order chi connectivity index (χ1) is 16.3. The molecular weight excluding hydrogens is 450 g/mol. The summed E-state index contributed by atoms with van der Waals surface area (Å²) >= 11 is 5.95. The number of nitrogens with one attached hydrogen (secondary N) is 2. The molecule has 176 valence electrons. The van der Waals surface area contributed by atoms with Crippen molar-refractivity contribution in [3.05, 3.63) is 100 Å². The average Bonchev–Trinajstić information content (AvgIpc) is 2.82. The van der Waals surface area contributed by atoms with Crippen LogP contribution in [-0.4, -0.2) is 24.1 Å². The van der Waals surface area contributed by atoms with Crippen LogP contribution in [0.25, 0.3) is 0 Å². The number of hydrogen-bond acceptors (Lipinski definition) is 4. The lowest BCUT2D eigenvalue weighted by molar-refractivity contribution is -0.123. The van der Waals surface area contributed by atoms with E-state index in [9.17, 15) is 9.59 Å². The van der Waals surface area contributed by atoms with E-state index in [0.717, 1.165) is 16.9 Å². The van der Waals surface area contributed by atoms with Crippen molar-refractivity contribution in [2.75, 3.05) is 0 Å². The third kappa shape index (κ3) is 7.46. The summed E-state index contributed by atoms with van der Waals surface area (Å²) in [6.07, 6.45) is 1.54. The van der Waals surface area contributed by atoms with Crippen molar-refractivity contribution in [3.63, 3.8) is 0 Å². The van der Waals surface area contributed by atoms with Gasteiger partial charge in [0.1, 0.15) is 18.4 Å². The molecule has 0 spiro atoms. The fourth-order valence-corrected chi connectivity index (χ4v) is 3.32. The number of halogens is 1. The normalized spacial score (nSPS) is 11.9. The lowest BCUT2D eigenvalue weighted by atomic mass is 10.0. The second kappa shape index (κ2) is 12.0. The molecule has 7 heteroatoms. The minimum absolute atomic E-state index is 0.136. The van der Waals surface area contributed by atoms with Crippen LogP contribution in [0.15, 0.2) is 77.9 Å². The molecule has 0 saturated heterocycles. The Kier molecular flexibility index (Phi) is 8.82. The summed E-state index contributed by atoms with van der Waals surface area (Å²) in [5.74, 6) is -0.171. The predicted molar refractivity (Wildman–Crippen MR) is 135 cm³/mol. The number of aryl methyl sites for hydroxylation is 1. The van der Waals surface area contributed by atoms with Crippen LogP contribution >= 0.6 is 11.6 Å². The van der Waals surface area contributed by atoms with E-state index >= 15 is 0 Å². The number of nitrogens with zero attached hydrogens (tertiary/aromatic N) is 1. The van der Waals surface area contributed by atoms with Gasteiger partial charge in [0, 0.05) is 10.6 Å². The highest BCUT2D eigenvalue weighted by atomic mass is 35.5. The summed E-state index contributed by atoms with van der Waals surface area (Å²) < 4.78 is 5.81. The minimum atomic E-state index is -0.749. The highest BCUT2D eigenvalue weighted by Crippen LogP contribution is 2.14. The summed E-state index contributed by atoms with van der Waals surface area (Å²) in [7, 11) is 0. The number of hydrogen-bond donors (Lipinski definition) is 2. The fraction of sp³-hybridized carbons (Fsp3) is 0.222. The van der Waals surface area contributed by atoms with Gasteiger partial charge in [-0.25, -0.2) is 5.43 Å². The average molecular weight is 478 g/mol. The van der Waals surface area contributed by atoms with Crippen molar-refractivity contribution in [1.82, 2.24) is 10.7 Å². The second-order valence-corrected chi connectivity index (χ2v) is 8.72. The maximum atomic E-state index is 12.6. The van der Waals surface area contributed by atoms with Crippen LogP contribution in [0.1, 0.15) is 40.9 Å². The maximum absolute atomic E-state index is 12.6. The number of rotatable bonds is 9. The first kappa shape index (κ1) is 25.0. The Morgan fingerprint density at radius 2 is 1.74 bits per heavy atom. The van der Waals surface area contributed by atoms with Crippen molar-refractivity contribution >= 4 is 29.6 Å². The van der Waals surface area contributed by atoms with E-state index < -0.39 is 11.9 Å². The molecule has 3 aromatic carbocycles. The Hall–Kier alpha value is -3.64. The molecule has 0 fully saturated rings.